The van der Waals surface area contributed by atoms with Crippen LogP contribution >= 0.6 is 0 Å². The van der Waals surface area contributed by atoms with Gasteiger partial charge in [0.15, 0.2) is 0 Å². The summed E-state index contributed by atoms with van der Waals surface area (Å²) in [6.07, 6.45) is 1.97. The van der Waals surface area contributed by atoms with Crippen LogP contribution in [0.3, 0.4) is 0 Å². The topological polar surface area (TPSA) is 46.6 Å². The van der Waals surface area contributed by atoms with Crippen LogP contribution in [0, 0.1) is 6.92 Å². The van der Waals surface area contributed by atoms with Gasteiger partial charge in [-0.1, -0.05) is 17.7 Å². The fraction of sp³-hybridized carbons (Fsp3) is 0.538. The highest BCUT2D eigenvalue weighted by Gasteiger charge is 2.41. The van der Waals surface area contributed by atoms with E-state index in [1.54, 1.807) is 16.4 Å². The number of benzene rings is 1. The summed E-state index contributed by atoms with van der Waals surface area (Å²) < 4.78 is 32.3. The molecule has 0 saturated carbocycles. The molecule has 4 nitrogen and oxygen atoms in total. The molecule has 98 valence electrons. The molecule has 3 fully saturated rings. The maximum absolute atomic E-state index is 12.6. The van der Waals surface area contributed by atoms with E-state index in [1.807, 2.05) is 19.1 Å². The summed E-state index contributed by atoms with van der Waals surface area (Å²) in [6, 6.07) is 7.07. The second-order valence-corrected chi connectivity index (χ2v) is 6.96. The van der Waals surface area contributed by atoms with Gasteiger partial charge in [-0.15, -0.1) is 0 Å². The fourth-order valence-electron chi connectivity index (χ4n) is 2.65. The smallest absolute Gasteiger partial charge is 0.243 e. The molecule has 18 heavy (non-hydrogen) atoms. The van der Waals surface area contributed by atoms with Crippen molar-refractivity contribution in [2.45, 2.75) is 36.8 Å². The van der Waals surface area contributed by atoms with Crippen molar-refractivity contribution in [3.05, 3.63) is 29.8 Å². The minimum Gasteiger partial charge on any atom is -0.375 e. The number of fused-ring (bicyclic) bond motifs is 3. The van der Waals surface area contributed by atoms with E-state index >= 15 is 0 Å². The summed E-state index contributed by atoms with van der Waals surface area (Å²) in [5, 5.41) is 0. The zero-order chi connectivity index (χ0) is 12.8. The molecule has 3 heterocycles. The predicted molar refractivity (Wildman–Crippen MR) is 67.8 cm³/mol. The number of hydrogen-bond acceptors (Lipinski definition) is 3. The number of nitrogens with zero attached hydrogens (tertiary/aromatic N) is 1. The molecular weight excluding hydrogens is 250 g/mol. The van der Waals surface area contributed by atoms with Crippen molar-refractivity contribution in [3.8, 4) is 0 Å². The third-order valence-electron chi connectivity index (χ3n) is 3.76. The van der Waals surface area contributed by atoms with E-state index in [0.29, 0.717) is 18.0 Å². The molecule has 0 aliphatic carbocycles. The van der Waals surface area contributed by atoms with Crippen molar-refractivity contribution in [1.29, 1.82) is 0 Å². The average molecular weight is 267 g/mol. The Balaban J connectivity index is 1.93. The molecule has 1 aromatic carbocycles. The van der Waals surface area contributed by atoms with Gasteiger partial charge in [-0.3, -0.25) is 0 Å². The molecule has 4 rings (SSSR count). The Morgan fingerprint density at radius 3 is 2.44 bits per heavy atom. The molecule has 0 spiro atoms. The Hall–Kier alpha value is -0.910. The van der Waals surface area contributed by atoms with E-state index in [1.165, 1.54) is 0 Å². The highest BCUT2D eigenvalue weighted by molar-refractivity contribution is 7.89. The fourth-order valence-corrected chi connectivity index (χ4v) is 4.33. The first-order valence-corrected chi connectivity index (χ1v) is 7.71. The molecule has 0 aromatic heterocycles. The first kappa shape index (κ1) is 12.1. The van der Waals surface area contributed by atoms with Crippen molar-refractivity contribution in [1.82, 2.24) is 4.31 Å². The first-order valence-electron chi connectivity index (χ1n) is 6.27. The number of sulfonamides is 1. The Morgan fingerprint density at radius 1 is 1.22 bits per heavy atom. The molecular formula is C13H17NO3S. The monoisotopic (exact) mass is 267 g/mol. The van der Waals surface area contributed by atoms with Gasteiger partial charge in [0.05, 0.1) is 17.6 Å². The van der Waals surface area contributed by atoms with Crippen LogP contribution in [0.5, 0.6) is 0 Å². The maximum atomic E-state index is 12.6. The molecule has 2 bridgehead atoms. The Bertz CT molecular complexity index is 530. The lowest BCUT2D eigenvalue weighted by atomic mass is 10.00. The summed E-state index contributed by atoms with van der Waals surface area (Å²) in [5.74, 6) is 0. The SMILES string of the molecule is Cc1ccc(S(=O)(=O)N2CC3CCC2CO3)cc1. The molecule has 3 aliphatic rings. The number of rotatable bonds is 2. The zero-order valence-corrected chi connectivity index (χ0v) is 11.2. The number of morpholine rings is 1. The predicted octanol–water partition coefficient (Wildman–Crippen LogP) is 1.55. The van der Waals surface area contributed by atoms with Gasteiger partial charge in [-0.05, 0) is 31.9 Å². The molecule has 1 aromatic rings. The zero-order valence-electron chi connectivity index (χ0n) is 10.4. The number of ether oxygens (including phenoxy) is 1. The Morgan fingerprint density at radius 2 is 1.94 bits per heavy atom. The summed E-state index contributed by atoms with van der Waals surface area (Å²) in [5.41, 5.74) is 1.07. The van der Waals surface area contributed by atoms with Crippen LogP contribution in [0.15, 0.2) is 29.2 Å². The quantitative estimate of drug-likeness (QED) is 0.816. The third kappa shape index (κ3) is 1.96. The summed E-state index contributed by atoms with van der Waals surface area (Å²) >= 11 is 0. The van der Waals surface area contributed by atoms with Gasteiger partial charge < -0.3 is 4.74 Å². The van der Waals surface area contributed by atoms with E-state index in [2.05, 4.69) is 0 Å². The standard InChI is InChI=1S/C13H17NO3S/c1-10-2-6-13(7-3-10)18(15,16)14-8-12-5-4-11(14)9-17-12/h2-3,6-7,11-12H,4-5,8-9H2,1H3. The van der Waals surface area contributed by atoms with E-state index in [0.717, 1.165) is 18.4 Å². The van der Waals surface area contributed by atoms with Gasteiger partial charge in [0, 0.05) is 12.6 Å². The lowest BCUT2D eigenvalue weighted by Gasteiger charge is -2.43. The lowest BCUT2D eigenvalue weighted by molar-refractivity contribution is -0.0754. The van der Waals surface area contributed by atoms with Crippen LogP contribution in [0.2, 0.25) is 0 Å². The van der Waals surface area contributed by atoms with Gasteiger partial charge in [0.2, 0.25) is 10.0 Å². The summed E-state index contributed by atoms with van der Waals surface area (Å²) in [7, 11) is -3.36. The van der Waals surface area contributed by atoms with Crippen LogP contribution in [-0.4, -0.2) is 38.0 Å². The van der Waals surface area contributed by atoms with Gasteiger partial charge in [-0.25, -0.2) is 8.42 Å². The van der Waals surface area contributed by atoms with Crippen LogP contribution in [0.1, 0.15) is 18.4 Å². The first-order chi connectivity index (χ1) is 8.57. The van der Waals surface area contributed by atoms with Crippen molar-refractivity contribution >= 4 is 10.0 Å². The van der Waals surface area contributed by atoms with Crippen molar-refractivity contribution < 1.29 is 13.2 Å². The van der Waals surface area contributed by atoms with Crippen molar-refractivity contribution in [2.75, 3.05) is 13.2 Å². The van der Waals surface area contributed by atoms with Gasteiger partial charge >= 0.3 is 0 Å². The Labute approximate surface area is 108 Å². The number of piperidine rings is 1. The number of hydrogen-bond donors (Lipinski definition) is 0. The van der Waals surface area contributed by atoms with Gasteiger partial charge in [0.1, 0.15) is 0 Å². The van der Waals surface area contributed by atoms with Gasteiger partial charge in [0.25, 0.3) is 0 Å². The normalized spacial score (nSPS) is 28.5. The van der Waals surface area contributed by atoms with E-state index in [9.17, 15) is 8.42 Å². The summed E-state index contributed by atoms with van der Waals surface area (Å²) in [6.45, 7) is 2.99. The van der Waals surface area contributed by atoms with Crippen LogP contribution in [-0.2, 0) is 14.8 Å². The van der Waals surface area contributed by atoms with Crippen LogP contribution in [0.25, 0.3) is 0 Å². The molecule has 2 atom stereocenters. The van der Waals surface area contributed by atoms with E-state index < -0.39 is 10.0 Å². The van der Waals surface area contributed by atoms with Gasteiger partial charge in [-0.2, -0.15) is 4.31 Å². The molecule has 2 unspecified atom stereocenters. The third-order valence-corrected chi connectivity index (χ3v) is 5.70. The minimum absolute atomic E-state index is 0.0151. The minimum atomic E-state index is -3.36. The van der Waals surface area contributed by atoms with Crippen LogP contribution in [0.4, 0.5) is 0 Å². The highest BCUT2D eigenvalue weighted by Crippen LogP contribution is 2.31. The molecule has 5 heteroatoms. The highest BCUT2D eigenvalue weighted by atomic mass is 32.2. The second-order valence-electron chi connectivity index (χ2n) is 5.07. The van der Waals surface area contributed by atoms with Crippen molar-refractivity contribution in [3.63, 3.8) is 0 Å². The molecule has 0 N–H and O–H groups in total. The molecule has 0 amide bonds. The Kier molecular flexibility index (Phi) is 2.92. The number of aryl methyl sites for hydroxylation is 1. The molecule has 3 saturated heterocycles. The maximum Gasteiger partial charge on any atom is 0.243 e. The van der Waals surface area contributed by atoms with Crippen molar-refractivity contribution in [2.24, 2.45) is 0 Å². The van der Waals surface area contributed by atoms with Crippen LogP contribution < -0.4 is 0 Å². The molecule has 3 aliphatic heterocycles. The average Bonchev–Trinajstić information content (AvgIpc) is 2.40. The van der Waals surface area contributed by atoms with E-state index in [-0.39, 0.29) is 12.1 Å². The lowest BCUT2D eigenvalue weighted by Crippen LogP contribution is -2.56. The van der Waals surface area contributed by atoms with E-state index in [4.69, 9.17) is 4.74 Å². The summed E-state index contributed by atoms with van der Waals surface area (Å²) in [4.78, 5) is 0.389. The largest absolute Gasteiger partial charge is 0.375 e. The molecule has 0 radical (unpaired) electrons. The second kappa shape index (κ2) is 4.33.